The smallest absolute Gasteiger partial charge is 0.410 e. The second-order valence-corrected chi connectivity index (χ2v) is 6.04. The third kappa shape index (κ3) is 3.69. The highest BCUT2D eigenvalue weighted by Crippen LogP contribution is 2.27. The molecule has 0 saturated carbocycles. The Kier molecular flexibility index (Phi) is 4.46. The molecule has 0 aromatic heterocycles. The number of rotatable bonds is 1. The Morgan fingerprint density at radius 2 is 2.10 bits per heavy atom. The summed E-state index contributed by atoms with van der Waals surface area (Å²) < 4.78 is 32.7. The van der Waals surface area contributed by atoms with E-state index in [1.807, 2.05) is 0 Å². The molecule has 1 heterocycles. The summed E-state index contributed by atoms with van der Waals surface area (Å²) >= 11 is 0. The summed E-state index contributed by atoms with van der Waals surface area (Å²) in [5.74, 6) is -1.83. The molecule has 1 aromatic rings. The second kappa shape index (κ2) is 5.97. The summed E-state index contributed by atoms with van der Waals surface area (Å²) in [5.41, 5.74) is -0.472. The highest BCUT2D eigenvalue weighted by Gasteiger charge is 2.33. The van der Waals surface area contributed by atoms with Crippen LogP contribution in [0, 0.1) is 11.6 Å². The van der Waals surface area contributed by atoms with Crippen LogP contribution in [0.3, 0.4) is 0 Å². The molecule has 0 aliphatic carbocycles. The van der Waals surface area contributed by atoms with Crippen molar-refractivity contribution in [3.63, 3.8) is 0 Å². The molecule has 6 heteroatoms. The van der Waals surface area contributed by atoms with E-state index >= 15 is 0 Å². The van der Waals surface area contributed by atoms with Crippen LogP contribution in [0.1, 0.15) is 32.4 Å². The quantitative estimate of drug-likeness (QED) is 0.867. The van der Waals surface area contributed by atoms with Gasteiger partial charge in [0.1, 0.15) is 5.60 Å². The summed E-state index contributed by atoms with van der Waals surface area (Å²) in [6, 6.07) is 3.42. The summed E-state index contributed by atoms with van der Waals surface area (Å²) in [4.78, 5) is 13.7. The molecule has 1 amide bonds. The molecule has 1 fully saturated rings. The number of nitrogens with zero attached hydrogens (tertiary/aromatic N) is 1. The standard InChI is InChI=1S/C15H20F2N2O2/c1-15(2,3)21-14(20)19-8-7-18-9-12(19)10-5-4-6-11(16)13(10)17/h4-6,12,18H,7-9H2,1-3H3. The van der Waals surface area contributed by atoms with Gasteiger partial charge in [-0.25, -0.2) is 13.6 Å². The summed E-state index contributed by atoms with van der Waals surface area (Å²) in [6.45, 7) is 6.64. The van der Waals surface area contributed by atoms with Gasteiger partial charge in [-0.2, -0.15) is 0 Å². The molecule has 2 rings (SSSR count). The van der Waals surface area contributed by atoms with Crippen molar-refractivity contribution in [1.82, 2.24) is 10.2 Å². The highest BCUT2D eigenvalue weighted by molar-refractivity contribution is 5.69. The van der Waals surface area contributed by atoms with Crippen LogP contribution in [-0.4, -0.2) is 36.2 Å². The fourth-order valence-electron chi connectivity index (χ4n) is 2.30. The van der Waals surface area contributed by atoms with Crippen molar-refractivity contribution in [2.75, 3.05) is 19.6 Å². The third-order valence-corrected chi connectivity index (χ3v) is 3.21. The number of piperazine rings is 1. The van der Waals surface area contributed by atoms with Crippen LogP contribution in [0.5, 0.6) is 0 Å². The van der Waals surface area contributed by atoms with Crippen LogP contribution in [0.2, 0.25) is 0 Å². The number of benzene rings is 1. The van der Waals surface area contributed by atoms with Gasteiger partial charge in [-0.05, 0) is 26.8 Å². The average Bonchev–Trinajstić information content (AvgIpc) is 2.40. The zero-order chi connectivity index (χ0) is 15.6. The fourth-order valence-corrected chi connectivity index (χ4v) is 2.30. The average molecular weight is 298 g/mol. The van der Waals surface area contributed by atoms with E-state index in [4.69, 9.17) is 4.74 Å². The SMILES string of the molecule is CC(C)(C)OC(=O)N1CCNCC1c1cccc(F)c1F. The molecular formula is C15H20F2N2O2. The first-order chi connectivity index (χ1) is 9.79. The van der Waals surface area contributed by atoms with Crippen molar-refractivity contribution in [3.05, 3.63) is 35.4 Å². The van der Waals surface area contributed by atoms with Gasteiger partial charge < -0.3 is 10.1 Å². The topological polar surface area (TPSA) is 41.6 Å². The molecule has 0 bridgehead atoms. The Balaban J connectivity index is 2.27. The molecule has 1 aromatic carbocycles. The molecular weight excluding hydrogens is 278 g/mol. The van der Waals surface area contributed by atoms with Crippen LogP contribution < -0.4 is 5.32 Å². The number of nitrogens with one attached hydrogen (secondary N) is 1. The number of halogens is 2. The van der Waals surface area contributed by atoms with Gasteiger partial charge >= 0.3 is 6.09 Å². The Labute approximate surface area is 123 Å². The lowest BCUT2D eigenvalue weighted by atomic mass is 10.0. The van der Waals surface area contributed by atoms with Gasteiger partial charge in [-0.15, -0.1) is 0 Å². The van der Waals surface area contributed by atoms with Gasteiger partial charge in [-0.3, -0.25) is 4.90 Å². The van der Waals surface area contributed by atoms with Crippen molar-refractivity contribution < 1.29 is 18.3 Å². The molecule has 0 radical (unpaired) electrons. The Bertz CT molecular complexity index is 529. The fraction of sp³-hybridized carbons (Fsp3) is 0.533. The maximum absolute atomic E-state index is 14.0. The van der Waals surface area contributed by atoms with Gasteiger partial charge in [0.2, 0.25) is 0 Å². The molecule has 1 aliphatic heterocycles. The first kappa shape index (κ1) is 15.7. The maximum atomic E-state index is 14.0. The lowest BCUT2D eigenvalue weighted by molar-refractivity contribution is 0.0114. The summed E-state index contributed by atoms with van der Waals surface area (Å²) in [7, 11) is 0. The van der Waals surface area contributed by atoms with Gasteiger partial charge in [0, 0.05) is 25.2 Å². The van der Waals surface area contributed by atoms with Crippen molar-refractivity contribution in [3.8, 4) is 0 Å². The zero-order valence-electron chi connectivity index (χ0n) is 12.5. The Morgan fingerprint density at radius 3 is 2.76 bits per heavy atom. The minimum absolute atomic E-state index is 0.160. The molecule has 1 N–H and O–H groups in total. The van der Waals surface area contributed by atoms with Crippen LogP contribution in [0.25, 0.3) is 0 Å². The van der Waals surface area contributed by atoms with E-state index in [2.05, 4.69) is 5.32 Å². The number of carbonyl (C=O) groups excluding carboxylic acids is 1. The molecule has 0 spiro atoms. The first-order valence-electron chi connectivity index (χ1n) is 6.94. The molecule has 1 atom stereocenters. The van der Waals surface area contributed by atoms with Crippen molar-refractivity contribution in [1.29, 1.82) is 0 Å². The van der Waals surface area contributed by atoms with E-state index in [0.29, 0.717) is 19.6 Å². The van der Waals surface area contributed by atoms with Crippen LogP contribution in [0.15, 0.2) is 18.2 Å². The van der Waals surface area contributed by atoms with Crippen molar-refractivity contribution >= 4 is 6.09 Å². The predicted octanol–water partition coefficient (Wildman–Crippen LogP) is 2.85. The van der Waals surface area contributed by atoms with Crippen LogP contribution in [0.4, 0.5) is 13.6 Å². The highest BCUT2D eigenvalue weighted by atomic mass is 19.2. The van der Waals surface area contributed by atoms with Crippen LogP contribution in [-0.2, 0) is 4.74 Å². The van der Waals surface area contributed by atoms with Gasteiger partial charge in [0.25, 0.3) is 0 Å². The first-order valence-corrected chi connectivity index (χ1v) is 6.94. The van der Waals surface area contributed by atoms with E-state index < -0.39 is 29.4 Å². The number of hydrogen-bond donors (Lipinski definition) is 1. The lowest BCUT2D eigenvalue weighted by Crippen LogP contribution is -2.50. The lowest BCUT2D eigenvalue weighted by Gasteiger charge is -2.37. The van der Waals surface area contributed by atoms with E-state index in [-0.39, 0.29) is 5.56 Å². The summed E-state index contributed by atoms with van der Waals surface area (Å²) in [5, 5.41) is 3.09. The Hall–Kier alpha value is -1.69. The molecule has 116 valence electrons. The number of carbonyl (C=O) groups is 1. The third-order valence-electron chi connectivity index (χ3n) is 3.21. The van der Waals surface area contributed by atoms with Crippen molar-refractivity contribution in [2.24, 2.45) is 0 Å². The normalized spacial score (nSPS) is 19.5. The molecule has 21 heavy (non-hydrogen) atoms. The largest absolute Gasteiger partial charge is 0.444 e. The summed E-state index contributed by atoms with van der Waals surface area (Å²) in [6.07, 6.45) is -0.516. The molecule has 1 saturated heterocycles. The van der Waals surface area contributed by atoms with E-state index in [0.717, 1.165) is 6.07 Å². The van der Waals surface area contributed by atoms with Crippen molar-refractivity contribution in [2.45, 2.75) is 32.4 Å². The minimum Gasteiger partial charge on any atom is -0.444 e. The second-order valence-electron chi connectivity index (χ2n) is 6.04. The van der Waals surface area contributed by atoms with E-state index in [9.17, 15) is 13.6 Å². The molecule has 1 aliphatic rings. The minimum atomic E-state index is -0.917. The maximum Gasteiger partial charge on any atom is 0.410 e. The van der Waals surface area contributed by atoms with Gasteiger partial charge in [0.05, 0.1) is 6.04 Å². The number of ether oxygens (including phenoxy) is 1. The van der Waals surface area contributed by atoms with Gasteiger partial charge in [0.15, 0.2) is 11.6 Å². The van der Waals surface area contributed by atoms with E-state index in [1.54, 1.807) is 20.8 Å². The molecule has 1 unspecified atom stereocenters. The van der Waals surface area contributed by atoms with E-state index in [1.165, 1.54) is 17.0 Å². The number of hydrogen-bond acceptors (Lipinski definition) is 3. The monoisotopic (exact) mass is 298 g/mol. The van der Waals surface area contributed by atoms with Crippen LogP contribution >= 0.6 is 0 Å². The van der Waals surface area contributed by atoms with Gasteiger partial charge in [-0.1, -0.05) is 12.1 Å². The molecule has 4 nitrogen and oxygen atoms in total. The predicted molar refractivity (Wildman–Crippen MR) is 74.9 cm³/mol. The zero-order valence-corrected chi connectivity index (χ0v) is 12.5. The Morgan fingerprint density at radius 1 is 1.38 bits per heavy atom. The number of amides is 1.